The third-order valence-electron chi connectivity index (χ3n) is 4.15. The van der Waals surface area contributed by atoms with Gasteiger partial charge in [0.2, 0.25) is 0 Å². The molecule has 0 fully saturated rings. The smallest absolute Gasteiger partial charge is 0.142 e. The molecule has 0 radical (unpaired) electrons. The number of rotatable bonds is 2. The number of nitrogen functional groups attached to an aromatic ring is 1. The second kappa shape index (κ2) is 6.37. The average Bonchev–Trinajstić information content (AvgIpc) is 2.61. The summed E-state index contributed by atoms with van der Waals surface area (Å²) in [7, 11) is 0. The fraction of sp³-hybridized carbons (Fsp3) is 0.190. The van der Waals surface area contributed by atoms with Gasteiger partial charge in [-0.15, -0.1) is 0 Å². The van der Waals surface area contributed by atoms with Crippen molar-refractivity contribution < 1.29 is 0 Å². The van der Waals surface area contributed by atoms with Crippen LogP contribution in [0.2, 0.25) is 0 Å². The molecule has 0 aliphatic carbocycles. The summed E-state index contributed by atoms with van der Waals surface area (Å²) < 4.78 is 0. The fourth-order valence-electron chi connectivity index (χ4n) is 2.71. The predicted octanol–water partition coefficient (Wildman–Crippen LogP) is 4.56. The first-order chi connectivity index (χ1) is 11.9. The molecular weight excluding hydrogens is 308 g/mol. The summed E-state index contributed by atoms with van der Waals surface area (Å²) in [6, 6.07) is 17.9. The normalized spacial score (nSPS) is 11.1. The summed E-state index contributed by atoms with van der Waals surface area (Å²) >= 11 is 0. The molecule has 4 heteroatoms. The third kappa shape index (κ3) is 3.36. The molecule has 4 nitrogen and oxygen atoms in total. The first kappa shape index (κ1) is 16.7. The summed E-state index contributed by atoms with van der Waals surface area (Å²) in [5, 5.41) is 9.52. The minimum absolute atomic E-state index is 0.0764. The van der Waals surface area contributed by atoms with E-state index in [1.54, 1.807) is 6.20 Å². The fourth-order valence-corrected chi connectivity index (χ4v) is 2.71. The molecule has 0 spiro atoms. The Hall–Kier alpha value is -3.19. The molecule has 0 saturated carbocycles. The molecular formula is C21H20N4. The van der Waals surface area contributed by atoms with E-state index in [2.05, 4.69) is 48.9 Å². The van der Waals surface area contributed by atoms with E-state index in [1.807, 2.05) is 36.4 Å². The molecule has 25 heavy (non-hydrogen) atoms. The highest BCUT2D eigenvalue weighted by atomic mass is 14.9. The minimum atomic E-state index is 0.0764. The van der Waals surface area contributed by atoms with E-state index in [1.165, 1.54) is 5.56 Å². The lowest BCUT2D eigenvalue weighted by atomic mass is 9.86. The maximum Gasteiger partial charge on any atom is 0.142 e. The molecule has 0 aliphatic rings. The summed E-state index contributed by atoms with van der Waals surface area (Å²) in [4.78, 5) is 8.68. The van der Waals surface area contributed by atoms with Gasteiger partial charge in [-0.25, -0.2) is 4.98 Å². The lowest BCUT2D eigenvalue weighted by molar-refractivity contribution is 0.590. The van der Waals surface area contributed by atoms with E-state index in [0.29, 0.717) is 11.3 Å². The molecule has 0 amide bonds. The van der Waals surface area contributed by atoms with Gasteiger partial charge in [-0.2, -0.15) is 5.26 Å². The average molecular weight is 328 g/mol. The number of aromatic nitrogens is 2. The standard InChI is InChI=1S/C21H20N4/c1-21(2,3)15-9-7-14(8-10-15)16-12-19(18-6-4-5-11-24-18)25-20(23)17(16)13-22/h4-12H,1-3H3,(H2,23,25). The van der Waals surface area contributed by atoms with Gasteiger partial charge in [0.15, 0.2) is 0 Å². The summed E-state index contributed by atoms with van der Waals surface area (Å²) in [5.74, 6) is 0.223. The van der Waals surface area contributed by atoms with Crippen molar-refractivity contribution in [3.05, 3.63) is 65.9 Å². The lowest BCUT2D eigenvalue weighted by Gasteiger charge is -2.19. The number of pyridine rings is 2. The van der Waals surface area contributed by atoms with Gasteiger partial charge in [0.1, 0.15) is 17.5 Å². The highest BCUT2D eigenvalue weighted by Crippen LogP contribution is 2.32. The Balaban J connectivity index is 2.15. The van der Waals surface area contributed by atoms with Crippen molar-refractivity contribution in [2.45, 2.75) is 26.2 Å². The lowest BCUT2D eigenvalue weighted by Crippen LogP contribution is -2.10. The molecule has 124 valence electrons. The Morgan fingerprint density at radius 3 is 2.28 bits per heavy atom. The van der Waals surface area contributed by atoms with Gasteiger partial charge in [0.05, 0.1) is 11.4 Å². The first-order valence-corrected chi connectivity index (χ1v) is 8.13. The maximum atomic E-state index is 9.52. The molecule has 2 N–H and O–H groups in total. The van der Waals surface area contributed by atoms with Crippen molar-refractivity contribution in [3.63, 3.8) is 0 Å². The van der Waals surface area contributed by atoms with Gasteiger partial charge >= 0.3 is 0 Å². The van der Waals surface area contributed by atoms with Gasteiger partial charge < -0.3 is 5.73 Å². The Labute approximate surface area is 148 Å². The molecule has 0 saturated heterocycles. The zero-order valence-electron chi connectivity index (χ0n) is 14.6. The largest absolute Gasteiger partial charge is 0.383 e. The molecule has 2 aromatic heterocycles. The number of anilines is 1. The van der Waals surface area contributed by atoms with Crippen molar-refractivity contribution in [1.29, 1.82) is 5.26 Å². The Morgan fingerprint density at radius 1 is 1.00 bits per heavy atom. The maximum absolute atomic E-state index is 9.52. The number of benzene rings is 1. The SMILES string of the molecule is CC(C)(C)c1ccc(-c2cc(-c3ccccn3)nc(N)c2C#N)cc1. The van der Waals surface area contributed by atoms with Gasteiger partial charge in [0, 0.05) is 11.8 Å². The van der Waals surface area contributed by atoms with Crippen LogP contribution in [0.5, 0.6) is 0 Å². The number of nitrogens with two attached hydrogens (primary N) is 1. The monoisotopic (exact) mass is 328 g/mol. The highest BCUT2D eigenvalue weighted by Gasteiger charge is 2.16. The summed E-state index contributed by atoms with van der Waals surface area (Å²) in [5.41, 5.74) is 10.9. The van der Waals surface area contributed by atoms with Crippen LogP contribution in [-0.4, -0.2) is 9.97 Å². The number of hydrogen-bond donors (Lipinski definition) is 1. The Morgan fingerprint density at radius 2 is 1.72 bits per heavy atom. The zero-order valence-corrected chi connectivity index (χ0v) is 14.6. The Bertz CT molecular complexity index is 931. The van der Waals surface area contributed by atoms with Gasteiger partial charge in [0.25, 0.3) is 0 Å². The highest BCUT2D eigenvalue weighted by molar-refractivity contribution is 5.79. The van der Waals surface area contributed by atoms with Gasteiger partial charge in [-0.1, -0.05) is 51.1 Å². The summed E-state index contributed by atoms with van der Waals surface area (Å²) in [6.45, 7) is 6.52. The van der Waals surface area contributed by atoms with E-state index in [-0.39, 0.29) is 11.2 Å². The van der Waals surface area contributed by atoms with Gasteiger partial charge in [-0.3, -0.25) is 4.98 Å². The van der Waals surface area contributed by atoms with Crippen LogP contribution in [-0.2, 0) is 5.41 Å². The van der Waals surface area contributed by atoms with E-state index in [9.17, 15) is 5.26 Å². The van der Waals surface area contributed by atoms with Crippen LogP contribution in [0, 0.1) is 11.3 Å². The third-order valence-corrected chi connectivity index (χ3v) is 4.15. The van der Waals surface area contributed by atoms with Gasteiger partial charge in [-0.05, 0) is 34.7 Å². The number of nitrogens with zero attached hydrogens (tertiary/aromatic N) is 3. The first-order valence-electron chi connectivity index (χ1n) is 8.13. The quantitative estimate of drug-likeness (QED) is 0.748. The van der Waals surface area contributed by atoms with Crippen molar-refractivity contribution in [1.82, 2.24) is 9.97 Å². The van der Waals surface area contributed by atoms with Crippen LogP contribution in [0.1, 0.15) is 31.9 Å². The molecule has 0 aliphatic heterocycles. The van der Waals surface area contributed by atoms with Crippen molar-refractivity contribution in [3.8, 4) is 28.6 Å². The van der Waals surface area contributed by atoms with E-state index in [0.717, 1.165) is 16.8 Å². The van der Waals surface area contributed by atoms with Crippen molar-refractivity contribution in [2.24, 2.45) is 0 Å². The van der Waals surface area contributed by atoms with Crippen molar-refractivity contribution in [2.75, 3.05) is 5.73 Å². The Kier molecular flexibility index (Phi) is 4.24. The minimum Gasteiger partial charge on any atom is -0.383 e. The molecule has 0 bridgehead atoms. The number of hydrogen-bond acceptors (Lipinski definition) is 4. The van der Waals surface area contributed by atoms with Crippen LogP contribution in [0.3, 0.4) is 0 Å². The molecule has 3 aromatic rings. The second-order valence-corrected chi connectivity index (χ2v) is 6.97. The topological polar surface area (TPSA) is 75.6 Å². The molecule has 3 rings (SSSR count). The van der Waals surface area contributed by atoms with Crippen LogP contribution in [0.15, 0.2) is 54.7 Å². The molecule has 0 atom stereocenters. The summed E-state index contributed by atoms with van der Waals surface area (Å²) in [6.07, 6.45) is 1.71. The zero-order chi connectivity index (χ0) is 18.0. The van der Waals surface area contributed by atoms with Crippen LogP contribution in [0.4, 0.5) is 5.82 Å². The van der Waals surface area contributed by atoms with E-state index in [4.69, 9.17) is 5.73 Å². The van der Waals surface area contributed by atoms with Crippen LogP contribution < -0.4 is 5.73 Å². The van der Waals surface area contributed by atoms with Crippen LogP contribution >= 0.6 is 0 Å². The van der Waals surface area contributed by atoms with E-state index < -0.39 is 0 Å². The second-order valence-electron chi connectivity index (χ2n) is 6.97. The van der Waals surface area contributed by atoms with Crippen molar-refractivity contribution >= 4 is 5.82 Å². The predicted molar refractivity (Wildman–Crippen MR) is 101 cm³/mol. The molecule has 1 aromatic carbocycles. The van der Waals surface area contributed by atoms with Crippen LogP contribution in [0.25, 0.3) is 22.5 Å². The number of nitriles is 1. The molecule has 0 unspecified atom stereocenters. The molecule has 2 heterocycles. The van der Waals surface area contributed by atoms with E-state index >= 15 is 0 Å².